The lowest BCUT2D eigenvalue weighted by molar-refractivity contribution is -0.136. The Kier molecular flexibility index (Phi) is 3.51. The van der Waals surface area contributed by atoms with Crippen LogP contribution in [0.5, 0.6) is 0 Å². The smallest absolute Gasteiger partial charge is 0.303 e. The van der Waals surface area contributed by atoms with E-state index >= 15 is 0 Å². The van der Waals surface area contributed by atoms with Crippen LogP contribution in [0.25, 0.3) is 0 Å². The van der Waals surface area contributed by atoms with Gasteiger partial charge in [0.25, 0.3) is 0 Å². The Morgan fingerprint density at radius 1 is 1.67 bits per heavy atom. The van der Waals surface area contributed by atoms with Gasteiger partial charge in [0.1, 0.15) is 0 Å². The van der Waals surface area contributed by atoms with Gasteiger partial charge in [-0.25, -0.2) is 0 Å². The van der Waals surface area contributed by atoms with Gasteiger partial charge in [-0.1, -0.05) is 6.08 Å². The van der Waals surface area contributed by atoms with E-state index in [1.807, 2.05) is 0 Å². The second-order valence-corrected chi connectivity index (χ2v) is 1.76. The fourth-order valence-corrected chi connectivity index (χ4v) is 0.396. The fraction of sp³-hybridized carbons (Fsp3) is 0.500. The molecule has 0 atom stereocenters. The first-order valence-electron chi connectivity index (χ1n) is 2.79. The Morgan fingerprint density at radius 3 is 2.56 bits per heavy atom. The Bertz CT molecular complexity index is 129. The molecule has 0 saturated carbocycles. The van der Waals surface area contributed by atoms with Gasteiger partial charge < -0.3 is 10.8 Å². The molecular weight excluding hydrogens is 118 g/mol. The molecule has 3 N–H and O–H groups in total. The molecule has 0 aliphatic carbocycles. The van der Waals surface area contributed by atoms with Gasteiger partial charge in [0.15, 0.2) is 0 Å². The molecule has 0 aromatic rings. The zero-order valence-corrected chi connectivity index (χ0v) is 5.42. The van der Waals surface area contributed by atoms with Crippen molar-refractivity contribution in [3.8, 4) is 0 Å². The molecule has 0 aliphatic heterocycles. The molecular formula is C6H11NO2. The quantitative estimate of drug-likeness (QED) is 0.590. The fourth-order valence-electron chi connectivity index (χ4n) is 0.396. The molecule has 0 radical (unpaired) electrons. The molecule has 52 valence electrons. The molecule has 3 nitrogen and oxygen atoms in total. The third kappa shape index (κ3) is 4.87. The summed E-state index contributed by atoms with van der Waals surface area (Å²) < 4.78 is 0. The standard InChI is InChI=1S/C6H11NO2/c1-2-5(7)3-4-6(8)9/h2H,3-4,7H2,1H3,(H,8,9)/b5-2+. The maximum atomic E-state index is 9.94. The van der Waals surface area contributed by atoms with Crippen LogP contribution in [0, 0.1) is 0 Å². The van der Waals surface area contributed by atoms with Gasteiger partial charge in [0, 0.05) is 5.70 Å². The SMILES string of the molecule is C/C=C(/N)CCC(=O)O. The summed E-state index contributed by atoms with van der Waals surface area (Å²) in [4.78, 5) is 9.94. The zero-order chi connectivity index (χ0) is 7.28. The topological polar surface area (TPSA) is 63.3 Å². The molecule has 0 heterocycles. The molecule has 0 unspecified atom stereocenters. The van der Waals surface area contributed by atoms with E-state index in [0.717, 1.165) is 0 Å². The average molecular weight is 129 g/mol. The lowest BCUT2D eigenvalue weighted by Gasteiger charge is -1.94. The molecule has 0 saturated heterocycles. The molecule has 3 heteroatoms. The van der Waals surface area contributed by atoms with E-state index in [4.69, 9.17) is 10.8 Å². The monoisotopic (exact) mass is 129 g/mol. The number of aliphatic carboxylic acids is 1. The zero-order valence-electron chi connectivity index (χ0n) is 5.42. The highest BCUT2D eigenvalue weighted by atomic mass is 16.4. The van der Waals surface area contributed by atoms with E-state index in [0.29, 0.717) is 12.1 Å². The minimum absolute atomic E-state index is 0.121. The predicted octanol–water partition coefficient (Wildman–Crippen LogP) is 0.714. The van der Waals surface area contributed by atoms with Crippen molar-refractivity contribution in [1.82, 2.24) is 0 Å². The molecule has 0 fully saturated rings. The van der Waals surface area contributed by atoms with Gasteiger partial charge in [0.05, 0.1) is 6.42 Å². The highest BCUT2D eigenvalue weighted by Crippen LogP contribution is 1.96. The predicted molar refractivity (Wildman–Crippen MR) is 34.8 cm³/mol. The normalized spacial score (nSPS) is 11.4. The summed E-state index contributed by atoms with van der Waals surface area (Å²) in [6.45, 7) is 1.79. The number of hydrogen-bond donors (Lipinski definition) is 2. The van der Waals surface area contributed by atoms with Crippen LogP contribution < -0.4 is 5.73 Å². The molecule has 0 amide bonds. The summed E-state index contributed by atoms with van der Waals surface area (Å²) in [5.41, 5.74) is 5.96. The van der Waals surface area contributed by atoms with Crippen molar-refractivity contribution in [3.63, 3.8) is 0 Å². The average Bonchev–Trinajstić information content (AvgIpc) is 1.83. The number of allylic oxidation sites excluding steroid dienone is 2. The van der Waals surface area contributed by atoms with E-state index in [2.05, 4.69) is 0 Å². The van der Waals surface area contributed by atoms with E-state index in [1.165, 1.54) is 0 Å². The van der Waals surface area contributed by atoms with Crippen LogP contribution in [0.15, 0.2) is 11.8 Å². The minimum atomic E-state index is -0.806. The number of hydrogen-bond acceptors (Lipinski definition) is 2. The van der Waals surface area contributed by atoms with Crippen molar-refractivity contribution >= 4 is 5.97 Å². The highest BCUT2D eigenvalue weighted by Gasteiger charge is 1.95. The van der Waals surface area contributed by atoms with Crippen molar-refractivity contribution in [3.05, 3.63) is 11.8 Å². The third-order valence-electron chi connectivity index (χ3n) is 0.998. The first kappa shape index (κ1) is 8.01. The Morgan fingerprint density at radius 2 is 2.22 bits per heavy atom. The number of nitrogens with two attached hydrogens (primary N) is 1. The van der Waals surface area contributed by atoms with Crippen LogP contribution in [0.3, 0.4) is 0 Å². The van der Waals surface area contributed by atoms with Gasteiger partial charge in [0.2, 0.25) is 0 Å². The molecule has 9 heavy (non-hydrogen) atoms. The van der Waals surface area contributed by atoms with E-state index in [9.17, 15) is 4.79 Å². The van der Waals surface area contributed by atoms with Crippen LogP contribution >= 0.6 is 0 Å². The van der Waals surface area contributed by atoms with Gasteiger partial charge >= 0.3 is 5.97 Å². The Balaban J connectivity index is 3.39. The number of carboxylic acids is 1. The van der Waals surface area contributed by atoms with Crippen LogP contribution in [0.2, 0.25) is 0 Å². The summed E-state index contributed by atoms with van der Waals surface area (Å²) in [6.07, 6.45) is 2.28. The lowest BCUT2D eigenvalue weighted by Crippen LogP contribution is -2.01. The van der Waals surface area contributed by atoms with Crippen molar-refractivity contribution in [2.75, 3.05) is 0 Å². The minimum Gasteiger partial charge on any atom is -0.481 e. The van der Waals surface area contributed by atoms with Crippen molar-refractivity contribution in [2.24, 2.45) is 5.73 Å². The number of rotatable bonds is 3. The Hall–Kier alpha value is -0.990. The van der Waals surface area contributed by atoms with Crippen molar-refractivity contribution in [1.29, 1.82) is 0 Å². The molecule has 0 aromatic heterocycles. The Labute approximate surface area is 54.2 Å². The van der Waals surface area contributed by atoms with E-state index in [1.54, 1.807) is 13.0 Å². The number of carbonyl (C=O) groups is 1. The van der Waals surface area contributed by atoms with Crippen molar-refractivity contribution < 1.29 is 9.90 Å². The summed E-state index contributed by atoms with van der Waals surface area (Å²) in [6, 6.07) is 0. The maximum absolute atomic E-state index is 9.94. The van der Waals surface area contributed by atoms with Crippen molar-refractivity contribution in [2.45, 2.75) is 19.8 Å². The van der Waals surface area contributed by atoms with Crippen LogP contribution in [-0.2, 0) is 4.79 Å². The van der Waals surface area contributed by atoms with Crippen LogP contribution in [0.1, 0.15) is 19.8 Å². The summed E-state index contributed by atoms with van der Waals surface area (Å²) in [5, 5.41) is 8.18. The van der Waals surface area contributed by atoms with E-state index < -0.39 is 5.97 Å². The first-order chi connectivity index (χ1) is 4.16. The molecule has 0 bridgehead atoms. The third-order valence-corrected chi connectivity index (χ3v) is 0.998. The summed E-state index contributed by atoms with van der Waals surface area (Å²) >= 11 is 0. The van der Waals surface area contributed by atoms with Crippen LogP contribution in [0.4, 0.5) is 0 Å². The lowest BCUT2D eigenvalue weighted by atomic mass is 10.2. The van der Waals surface area contributed by atoms with Gasteiger partial charge in [-0.05, 0) is 13.3 Å². The molecule has 0 spiro atoms. The van der Waals surface area contributed by atoms with Gasteiger partial charge in [-0.15, -0.1) is 0 Å². The maximum Gasteiger partial charge on any atom is 0.303 e. The van der Waals surface area contributed by atoms with Gasteiger partial charge in [-0.2, -0.15) is 0 Å². The highest BCUT2D eigenvalue weighted by molar-refractivity contribution is 5.66. The second kappa shape index (κ2) is 3.95. The summed E-state index contributed by atoms with van der Waals surface area (Å²) in [7, 11) is 0. The molecule has 0 aliphatic rings. The first-order valence-corrected chi connectivity index (χ1v) is 2.79. The summed E-state index contributed by atoms with van der Waals surface area (Å²) in [5.74, 6) is -0.806. The van der Waals surface area contributed by atoms with Crippen LogP contribution in [-0.4, -0.2) is 11.1 Å². The second-order valence-electron chi connectivity index (χ2n) is 1.76. The largest absolute Gasteiger partial charge is 0.481 e. The molecule has 0 rings (SSSR count). The number of carboxylic acid groups (broad SMARTS) is 1. The van der Waals surface area contributed by atoms with E-state index in [-0.39, 0.29) is 6.42 Å². The molecule has 0 aromatic carbocycles. The van der Waals surface area contributed by atoms with Gasteiger partial charge in [-0.3, -0.25) is 4.79 Å².